The summed E-state index contributed by atoms with van der Waals surface area (Å²) in [6.45, 7) is 1.67. The van der Waals surface area contributed by atoms with Crippen LogP contribution in [-0.4, -0.2) is 34.2 Å². The van der Waals surface area contributed by atoms with Crippen LogP contribution in [0.15, 0.2) is 47.0 Å². The second-order valence-electron chi connectivity index (χ2n) is 6.72. The second-order valence-corrected chi connectivity index (χ2v) is 7.74. The van der Waals surface area contributed by atoms with Crippen molar-refractivity contribution in [3.8, 4) is 0 Å². The molecule has 6 nitrogen and oxygen atoms in total. The fourth-order valence-corrected chi connectivity index (χ4v) is 4.46. The van der Waals surface area contributed by atoms with Crippen molar-refractivity contribution in [3.05, 3.63) is 63.8 Å². The third-order valence-corrected chi connectivity index (χ3v) is 5.88. The lowest BCUT2D eigenvalue weighted by molar-refractivity contribution is -0.115. The van der Waals surface area contributed by atoms with Crippen LogP contribution in [0, 0.1) is 0 Å². The summed E-state index contributed by atoms with van der Waals surface area (Å²) in [5.74, 6) is 0.274. The van der Waals surface area contributed by atoms with Crippen molar-refractivity contribution in [2.75, 3.05) is 18.0 Å². The number of aromatic nitrogens is 2. The van der Waals surface area contributed by atoms with Gasteiger partial charge in [-0.25, -0.2) is 9.97 Å². The van der Waals surface area contributed by atoms with E-state index in [4.69, 9.17) is 0 Å². The van der Waals surface area contributed by atoms with Crippen LogP contribution in [0.25, 0.3) is 11.6 Å². The van der Waals surface area contributed by atoms with Gasteiger partial charge in [-0.15, -0.1) is 0 Å². The topological polar surface area (TPSA) is 75.2 Å². The van der Waals surface area contributed by atoms with Gasteiger partial charge in [-0.3, -0.25) is 14.9 Å². The Kier molecular flexibility index (Phi) is 3.82. The number of hydrogen-bond acceptors (Lipinski definition) is 6. The van der Waals surface area contributed by atoms with Crippen LogP contribution in [-0.2, 0) is 11.2 Å². The number of nitrogens with zero attached hydrogens (tertiary/aromatic N) is 3. The van der Waals surface area contributed by atoms with E-state index in [2.05, 4.69) is 44.5 Å². The lowest BCUT2D eigenvalue weighted by Crippen LogP contribution is -2.32. The number of benzene rings is 1. The standard InChI is InChI=1S/C20H16N4O2S/c25-18-17(27-20(26)23-18)10-14-5-7-21-19(22-14)24-8-6-13-9-12-3-1-2-4-15(12)16(13)11-24/h1-5,7,10H,6,8-9,11H2,(H,23,25,26)/b17-10-. The molecule has 134 valence electrons. The summed E-state index contributed by atoms with van der Waals surface area (Å²) in [7, 11) is 0. The molecule has 0 spiro atoms. The van der Waals surface area contributed by atoms with Crippen LogP contribution in [0.4, 0.5) is 10.7 Å². The van der Waals surface area contributed by atoms with Crippen molar-refractivity contribution in [2.24, 2.45) is 0 Å². The Balaban J connectivity index is 1.41. The highest BCUT2D eigenvalue weighted by atomic mass is 32.2. The van der Waals surface area contributed by atoms with Crippen molar-refractivity contribution in [1.29, 1.82) is 0 Å². The average Bonchev–Trinajstić information content (AvgIpc) is 3.20. The maximum absolute atomic E-state index is 11.7. The minimum absolute atomic E-state index is 0.351. The SMILES string of the molecule is O=C1NC(=O)/C(=C/c2ccnc(N3CCC4=C(C3)c3ccccc3C4)n2)S1. The lowest BCUT2D eigenvalue weighted by Gasteiger charge is -2.28. The van der Waals surface area contributed by atoms with Crippen LogP contribution >= 0.6 is 11.8 Å². The maximum atomic E-state index is 11.7. The molecule has 1 fully saturated rings. The number of carbonyl (C=O) groups is 2. The van der Waals surface area contributed by atoms with Gasteiger partial charge in [0.25, 0.3) is 11.1 Å². The van der Waals surface area contributed by atoms with Gasteiger partial charge in [-0.2, -0.15) is 0 Å². The van der Waals surface area contributed by atoms with Gasteiger partial charge >= 0.3 is 0 Å². The summed E-state index contributed by atoms with van der Waals surface area (Å²) in [4.78, 5) is 34.6. The molecule has 0 saturated carbocycles. The van der Waals surface area contributed by atoms with Gasteiger partial charge in [-0.1, -0.05) is 29.8 Å². The zero-order valence-electron chi connectivity index (χ0n) is 14.4. The summed E-state index contributed by atoms with van der Waals surface area (Å²) < 4.78 is 0. The predicted molar refractivity (Wildman–Crippen MR) is 105 cm³/mol. The molecule has 3 aliphatic rings. The number of thioether (sulfide) groups is 1. The molecule has 1 aromatic heterocycles. The van der Waals surface area contributed by atoms with Crippen molar-refractivity contribution >= 4 is 40.5 Å². The first-order chi connectivity index (χ1) is 13.2. The van der Waals surface area contributed by atoms with Gasteiger partial charge < -0.3 is 4.90 Å². The molecule has 0 atom stereocenters. The van der Waals surface area contributed by atoms with Gasteiger partial charge in [0.15, 0.2) is 0 Å². The van der Waals surface area contributed by atoms with Crippen LogP contribution in [0.5, 0.6) is 0 Å². The number of rotatable bonds is 2. The third kappa shape index (κ3) is 2.94. The summed E-state index contributed by atoms with van der Waals surface area (Å²) in [5, 5.41) is 1.91. The summed E-state index contributed by atoms with van der Waals surface area (Å²) >= 11 is 0.895. The molecule has 2 amide bonds. The zero-order valence-corrected chi connectivity index (χ0v) is 15.3. The highest BCUT2D eigenvalue weighted by molar-refractivity contribution is 8.18. The molecule has 7 heteroatoms. The van der Waals surface area contributed by atoms with Crippen molar-refractivity contribution in [2.45, 2.75) is 12.8 Å². The fourth-order valence-electron chi connectivity index (χ4n) is 3.79. The molecule has 2 aromatic rings. The molecular formula is C20H16N4O2S. The van der Waals surface area contributed by atoms with Crippen LogP contribution in [0.1, 0.15) is 23.2 Å². The molecule has 3 heterocycles. The quantitative estimate of drug-likeness (QED) is 0.812. The van der Waals surface area contributed by atoms with Crippen molar-refractivity contribution in [3.63, 3.8) is 0 Å². The van der Waals surface area contributed by atoms with Gasteiger partial charge in [-0.05, 0) is 53.4 Å². The summed E-state index contributed by atoms with van der Waals surface area (Å²) in [6.07, 6.45) is 5.38. The number of anilines is 1. The first kappa shape index (κ1) is 16.3. The Bertz CT molecular complexity index is 1040. The van der Waals surface area contributed by atoms with Gasteiger partial charge in [0.05, 0.1) is 10.6 Å². The molecule has 1 aromatic carbocycles. The van der Waals surface area contributed by atoms with E-state index in [0.29, 0.717) is 16.5 Å². The number of hydrogen-bond donors (Lipinski definition) is 1. The normalized spacial score (nSPS) is 20.1. The molecule has 27 heavy (non-hydrogen) atoms. The monoisotopic (exact) mass is 376 g/mol. The summed E-state index contributed by atoms with van der Waals surface area (Å²) in [5.41, 5.74) is 6.27. The van der Waals surface area contributed by atoms with Gasteiger partial charge in [0.1, 0.15) is 0 Å². The maximum Gasteiger partial charge on any atom is 0.290 e. The predicted octanol–water partition coefficient (Wildman–Crippen LogP) is 3.02. The summed E-state index contributed by atoms with van der Waals surface area (Å²) in [6, 6.07) is 10.3. The Morgan fingerprint density at radius 3 is 2.93 bits per heavy atom. The second kappa shape index (κ2) is 6.35. The number of amides is 2. The molecule has 1 aliphatic carbocycles. The van der Waals surface area contributed by atoms with E-state index in [1.54, 1.807) is 18.3 Å². The molecule has 1 saturated heterocycles. The first-order valence-corrected chi connectivity index (χ1v) is 9.61. The largest absolute Gasteiger partial charge is 0.336 e. The zero-order chi connectivity index (χ0) is 18.4. The van der Waals surface area contributed by atoms with E-state index in [9.17, 15) is 9.59 Å². The van der Waals surface area contributed by atoms with Crippen LogP contribution < -0.4 is 10.2 Å². The molecule has 1 N–H and O–H groups in total. The van der Waals surface area contributed by atoms with Gasteiger partial charge in [0.2, 0.25) is 5.95 Å². The van der Waals surface area contributed by atoms with E-state index < -0.39 is 0 Å². The smallest absolute Gasteiger partial charge is 0.290 e. The molecule has 0 bridgehead atoms. The minimum atomic E-state index is -0.375. The number of imide groups is 1. The lowest BCUT2D eigenvalue weighted by atomic mass is 10.0. The molecule has 0 unspecified atom stereocenters. The van der Waals surface area contributed by atoms with E-state index in [1.807, 2.05) is 0 Å². The van der Waals surface area contributed by atoms with E-state index in [1.165, 1.54) is 22.3 Å². The number of fused-ring (bicyclic) bond motifs is 2. The third-order valence-electron chi connectivity index (χ3n) is 5.07. The van der Waals surface area contributed by atoms with Crippen molar-refractivity contribution < 1.29 is 9.59 Å². The van der Waals surface area contributed by atoms with E-state index >= 15 is 0 Å². The Morgan fingerprint density at radius 2 is 2.07 bits per heavy atom. The molecule has 5 rings (SSSR count). The number of carbonyl (C=O) groups excluding carboxylic acids is 2. The molecular weight excluding hydrogens is 360 g/mol. The van der Waals surface area contributed by atoms with E-state index in [0.717, 1.165) is 37.7 Å². The highest BCUT2D eigenvalue weighted by Crippen LogP contribution is 2.38. The Hall–Kier alpha value is -2.93. The van der Waals surface area contributed by atoms with Crippen molar-refractivity contribution in [1.82, 2.24) is 15.3 Å². The highest BCUT2D eigenvalue weighted by Gasteiger charge is 2.28. The fraction of sp³-hybridized carbons (Fsp3) is 0.200. The van der Waals surface area contributed by atoms with E-state index in [-0.39, 0.29) is 11.1 Å². The molecule has 2 aliphatic heterocycles. The van der Waals surface area contributed by atoms with Gasteiger partial charge in [0, 0.05) is 19.3 Å². The minimum Gasteiger partial charge on any atom is -0.336 e. The number of nitrogens with one attached hydrogen (secondary N) is 1. The van der Waals surface area contributed by atoms with Crippen LogP contribution in [0.3, 0.4) is 0 Å². The van der Waals surface area contributed by atoms with Crippen LogP contribution in [0.2, 0.25) is 0 Å². The Morgan fingerprint density at radius 1 is 1.19 bits per heavy atom. The first-order valence-electron chi connectivity index (χ1n) is 8.79. The molecule has 0 radical (unpaired) electrons. The Labute approximate surface area is 160 Å². The average molecular weight is 376 g/mol.